The summed E-state index contributed by atoms with van der Waals surface area (Å²) in [5.41, 5.74) is 2.78. The second-order valence-electron chi connectivity index (χ2n) is 3.32. The topological polar surface area (TPSA) is 50.4 Å². The van der Waals surface area contributed by atoms with Crippen LogP contribution in [0.2, 0.25) is 0 Å². The molecule has 0 aliphatic rings. The number of anilines is 2. The largest absolute Gasteiger partial charge is 0.365 e. The molecule has 4 nitrogen and oxygen atoms in total. The Labute approximate surface area is 89.6 Å². The van der Waals surface area contributed by atoms with E-state index in [1.54, 1.807) is 7.11 Å². The van der Waals surface area contributed by atoms with Crippen LogP contribution in [0.15, 0.2) is 18.2 Å². The fourth-order valence-electron chi connectivity index (χ4n) is 1.21. The minimum absolute atomic E-state index is 0.0676. The zero-order chi connectivity index (χ0) is 11.3. The first-order valence-corrected chi connectivity index (χ1v) is 4.74. The van der Waals surface area contributed by atoms with E-state index < -0.39 is 0 Å². The number of hydrogen-bond donors (Lipinski definition) is 2. The third-order valence-electron chi connectivity index (χ3n) is 1.97. The Kier molecular flexibility index (Phi) is 4.12. The van der Waals surface area contributed by atoms with E-state index in [2.05, 4.69) is 10.6 Å². The first-order valence-electron chi connectivity index (χ1n) is 4.74. The summed E-state index contributed by atoms with van der Waals surface area (Å²) in [6.07, 6.45) is 0. The summed E-state index contributed by atoms with van der Waals surface area (Å²) in [6, 6.07) is 5.78. The van der Waals surface area contributed by atoms with Gasteiger partial charge < -0.3 is 15.4 Å². The molecule has 0 atom stereocenters. The molecule has 2 N–H and O–H groups in total. The Morgan fingerprint density at radius 3 is 2.80 bits per heavy atom. The van der Waals surface area contributed by atoms with Gasteiger partial charge in [-0.15, -0.1) is 0 Å². The van der Waals surface area contributed by atoms with Crippen LogP contribution in [0.1, 0.15) is 12.5 Å². The minimum Gasteiger partial charge on any atom is -0.365 e. The molecule has 0 saturated carbocycles. The summed E-state index contributed by atoms with van der Waals surface area (Å²) >= 11 is 0. The molecule has 1 amide bonds. The smallest absolute Gasteiger partial charge is 0.221 e. The lowest BCUT2D eigenvalue weighted by Gasteiger charge is -2.10. The van der Waals surface area contributed by atoms with Gasteiger partial charge in [-0.25, -0.2) is 0 Å². The molecular formula is C11H16N2O2. The van der Waals surface area contributed by atoms with Gasteiger partial charge in [-0.1, -0.05) is 6.07 Å². The Bertz CT molecular complexity index is 350. The van der Waals surface area contributed by atoms with Crippen molar-refractivity contribution in [2.24, 2.45) is 0 Å². The lowest BCUT2D eigenvalue weighted by Crippen LogP contribution is -2.08. The zero-order valence-corrected chi connectivity index (χ0v) is 9.26. The van der Waals surface area contributed by atoms with E-state index >= 15 is 0 Å². The SMILES string of the molecule is COCNc1ccc(C)c(NC(C)=O)c1. The van der Waals surface area contributed by atoms with Crippen LogP contribution >= 0.6 is 0 Å². The molecule has 0 aliphatic carbocycles. The molecule has 15 heavy (non-hydrogen) atoms. The third kappa shape index (κ3) is 3.59. The van der Waals surface area contributed by atoms with Crippen molar-refractivity contribution < 1.29 is 9.53 Å². The number of carbonyl (C=O) groups is 1. The van der Waals surface area contributed by atoms with Gasteiger partial charge in [-0.05, 0) is 24.6 Å². The lowest BCUT2D eigenvalue weighted by molar-refractivity contribution is -0.114. The van der Waals surface area contributed by atoms with Crippen molar-refractivity contribution in [2.75, 3.05) is 24.5 Å². The molecule has 0 aliphatic heterocycles. The fourth-order valence-corrected chi connectivity index (χ4v) is 1.21. The van der Waals surface area contributed by atoms with Crippen LogP contribution in [0, 0.1) is 6.92 Å². The van der Waals surface area contributed by atoms with Crippen molar-refractivity contribution in [1.82, 2.24) is 0 Å². The molecule has 1 rings (SSSR count). The number of benzene rings is 1. The Morgan fingerprint density at radius 2 is 2.20 bits per heavy atom. The Hall–Kier alpha value is -1.55. The average Bonchev–Trinajstić information content (AvgIpc) is 2.18. The first kappa shape index (κ1) is 11.5. The van der Waals surface area contributed by atoms with Gasteiger partial charge in [0.25, 0.3) is 0 Å². The van der Waals surface area contributed by atoms with Gasteiger partial charge in [0.15, 0.2) is 0 Å². The number of nitrogens with one attached hydrogen (secondary N) is 2. The molecule has 82 valence electrons. The van der Waals surface area contributed by atoms with Gasteiger partial charge in [-0.2, -0.15) is 0 Å². The van der Waals surface area contributed by atoms with Crippen LogP contribution in [0.3, 0.4) is 0 Å². The molecule has 0 radical (unpaired) electrons. The van der Waals surface area contributed by atoms with Gasteiger partial charge in [0, 0.05) is 25.4 Å². The first-order chi connectivity index (χ1) is 7.13. The van der Waals surface area contributed by atoms with Gasteiger partial charge in [0.2, 0.25) is 5.91 Å². The Balaban J connectivity index is 2.80. The highest BCUT2D eigenvalue weighted by Gasteiger charge is 2.01. The predicted octanol–water partition coefficient (Wildman–Crippen LogP) is 1.97. The van der Waals surface area contributed by atoms with Gasteiger partial charge in [0.05, 0.1) is 0 Å². The molecule has 0 aromatic heterocycles. The van der Waals surface area contributed by atoms with E-state index in [0.29, 0.717) is 6.73 Å². The summed E-state index contributed by atoms with van der Waals surface area (Å²) in [5, 5.41) is 5.83. The van der Waals surface area contributed by atoms with Crippen molar-refractivity contribution in [2.45, 2.75) is 13.8 Å². The van der Waals surface area contributed by atoms with Crippen LogP contribution in [0.4, 0.5) is 11.4 Å². The Morgan fingerprint density at radius 1 is 1.47 bits per heavy atom. The lowest BCUT2D eigenvalue weighted by atomic mass is 10.2. The van der Waals surface area contributed by atoms with E-state index in [0.717, 1.165) is 16.9 Å². The quantitative estimate of drug-likeness (QED) is 0.744. The van der Waals surface area contributed by atoms with Crippen LogP contribution in [0.5, 0.6) is 0 Å². The molecular weight excluding hydrogens is 192 g/mol. The van der Waals surface area contributed by atoms with Gasteiger partial charge in [0.1, 0.15) is 6.73 Å². The molecule has 0 spiro atoms. The molecule has 1 aromatic carbocycles. The predicted molar refractivity (Wildman–Crippen MR) is 61.0 cm³/mol. The standard InChI is InChI=1S/C11H16N2O2/c1-8-4-5-10(12-7-15-3)6-11(8)13-9(2)14/h4-6,12H,7H2,1-3H3,(H,13,14). The number of ether oxygens (including phenoxy) is 1. The second kappa shape index (κ2) is 5.36. The highest BCUT2D eigenvalue weighted by molar-refractivity contribution is 5.90. The third-order valence-corrected chi connectivity index (χ3v) is 1.97. The van der Waals surface area contributed by atoms with E-state index in [4.69, 9.17) is 4.74 Å². The molecule has 0 fully saturated rings. The van der Waals surface area contributed by atoms with Crippen LogP contribution in [-0.2, 0) is 9.53 Å². The monoisotopic (exact) mass is 208 g/mol. The van der Waals surface area contributed by atoms with Gasteiger partial charge >= 0.3 is 0 Å². The highest BCUT2D eigenvalue weighted by Crippen LogP contribution is 2.19. The summed E-state index contributed by atoms with van der Waals surface area (Å²) in [6.45, 7) is 3.89. The van der Waals surface area contributed by atoms with Crippen molar-refractivity contribution in [1.29, 1.82) is 0 Å². The average molecular weight is 208 g/mol. The molecule has 0 saturated heterocycles. The van der Waals surface area contributed by atoms with E-state index in [1.807, 2.05) is 25.1 Å². The van der Waals surface area contributed by atoms with E-state index in [9.17, 15) is 4.79 Å². The highest BCUT2D eigenvalue weighted by atomic mass is 16.5. The maximum Gasteiger partial charge on any atom is 0.221 e. The molecule has 1 aromatic rings. The summed E-state index contributed by atoms with van der Waals surface area (Å²) in [5.74, 6) is -0.0676. The zero-order valence-electron chi connectivity index (χ0n) is 9.26. The van der Waals surface area contributed by atoms with Crippen molar-refractivity contribution in [3.05, 3.63) is 23.8 Å². The second-order valence-corrected chi connectivity index (χ2v) is 3.32. The van der Waals surface area contributed by atoms with Crippen molar-refractivity contribution >= 4 is 17.3 Å². The summed E-state index contributed by atoms with van der Waals surface area (Å²) < 4.78 is 4.90. The normalized spacial score (nSPS) is 9.80. The van der Waals surface area contributed by atoms with Crippen LogP contribution in [-0.4, -0.2) is 19.7 Å². The minimum atomic E-state index is -0.0676. The number of methoxy groups -OCH3 is 1. The van der Waals surface area contributed by atoms with Crippen LogP contribution in [0.25, 0.3) is 0 Å². The van der Waals surface area contributed by atoms with Crippen LogP contribution < -0.4 is 10.6 Å². The van der Waals surface area contributed by atoms with E-state index in [1.165, 1.54) is 6.92 Å². The number of rotatable bonds is 4. The fraction of sp³-hybridized carbons (Fsp3) is 0.364. The molecule has 0 unspecified atom stereocenters. The van der Waals surface area contributed by atoms with Crippen molar-refractivity contribution in [3.8, 4) is 0 Å². The number of carbonyl (C=O) groups excluding carboxylic acids is 1. The maximum absolute atomic E-state index is 10.9. The molecule has 0 heterocycles. The van der Waals surface area contributed by atoms with Gasteiger partial charge in [-0.3, -0.25) is 4.79 Å². The summed E-state index contributed by atoms with van der Waals surface area (Å²) in [7, 11) is 1.62. The molecule has 4 heteroatoms. The maximum atomic E-state index is 10.9. The van der Waals surface area contributed by atoms with E-state index in [-0.39, 0.29) is 5.91 Å². The van der Waals surface area contributed by atoms with Crippen molar-refractivity contribution in [3.63, 3.8) is 0 Å². The number of amides is 1. The number of aryl methyl sites for hydroxylation is 1. The molecule has 0 bridgehead atoms. The summed E-state index contributed by atoms with van der Waals surface area (Å²) in [4.78, 5) is 10.9. The number of hydrogen-bond acceptors (Lipinski definition) is 3.